The van der Waals surface area contributed by atoms with Crippen LogP contribution in [0.25, 0.3) is 0 Å². The minimum Gasteiger partial charge on any atom is -0.397 e. The zero-order valence-electron chi connectivity index (χ0n) is 10.8. The molecule has 0 aliphatic carbocycles. The number of nitrogens with one attached hydrogen (secondary N) is 1. The number of nitrogens with two attached hydrogens (primary N) is 1. The molecular formula is C13H19N3O3. The first-order valence-electron chi connectivity index (χ1n) is 6.20. The number of aliphatic hydroxyl groups excluding tert-OH is 2. The van der Waals surface area contributed by atoms with Gasteiger partial charge in [0.1, 0.15) is 0 Å². The minimum atomic E-state index is -0.780. The van der Waals surface area contributed by atoms with Crippen molar-refractivity contribution in [3.05, 3.63) is 23.8 Å². The molecule has 0 radical (unpaired) electrons. The average Bonchev–Trinajstić information content (AvgIpc) is 2.62. The molecule has 2 atom stereocenters. The topological polar surface area (TPSA) is 98.8 Å². The van der Waals surface area contributed by atoms with Gasteiger partial charge in [-0.05, 0) is 24.6 Å². The van der Waals surface area contributed by atoms with Crippen LogP contribution in [0.2, 0.25) is 0 Å². The van der Waals surface area contributed by atoms with E-state index in [1.807, 2.05) is 13.0 Å². The number of benzene rings is 1. The fraction of sp³-hybridized carbons (Fsp3) is 0.462. The van der Waals surface area contributed by atoms with Gasteiger partial charge in [0, 0.05) is 13.1 Å². The van der Waals surface area contributed by atoms with Crippen LogP contribution in [0.1, 0.15) is 5.56 Å². The molecule has 1 aromatic rings. The number of nitrogen functional groups attached to an aromatic ring is 1. The van der Waals surface area contributed by atoms with Crippen molar-refractivity contribution in [3.63, 3.8) is 0 Å². The van der Waals surface area contributed by atoms with Crippen LogP contribution in [0, 0.1) is 6.92 Å². The van der Waals surface area contributed by atoms with Gasteiger partial charge in [0.15, 0.2) is 0 Å². The standard InChI is InChI=1S/C13H19N3O3/c1-8-2-3-10(9(14)4-8)15-13(19)7-16-5-11(17)12(18)6-16/h2-4,11-12,17-18H,5-7,14H2,1H3,(H,15,19). The molecule has 1 aliphatic rings. The van der Waals surface area contributed by atoms with E-state index in [1.165, 1.54) is 0 Å². The molecule has 0 aromatic heterocycles. The van der Waals surface area contributed by atoms with Gasteiger partial charge in [0.05, 0.1) is 30.1 Å². The Bertz CT molecular complexity index is 468. The second kappa shape index (κ2) is 5.56. The number of hydrogen-bond donors (Lipinski definition) is 4. The number of aryl methyl sites for hydroxylation is 1. The van der Waals surface area contributed by atoms with Gasteiger partial charge in [-0.15, -0.1) is 0 Å². The van der Waals surface area contributed by atoms with Crippen molar-refractivity contribution in [3.8, 4) is 0 Å². The number of likely N-dealkylation sites (tertiary alicyclic amines) is 1. The summed E-state index contributed by atoms with van der Waals surface area (Å²) in [6.45, 7) is 2.66. The van der Waals surface area contributed by atoms with Gasteiger partial charge >= 0.3 is 0 Å². The minimum absolute atomic E-state index is 0.126. The van der Waals surface area contributed by atoms with Crippen LogP contribution in [0.3, 0.4) is 0 Å². The van der Waals surface area contributed by atoms with Crippen molar-refractivity contribution in [2.45, 2.75) is 19.1 Å². The summed E-state index contributed by atoms with van der Waals surface area (Å²) in [5, 5.41) is 21.5. The van der Waals surface area contributed by atoms with E-state index in [0.717, 1.165) is 5.56 Å². The maximum Gasteiger partial charge on any atom is 0.238 e. The van der Waals surface area contributed by atoms with E-state index in [2.05, 4.69) is 5.32 Å². The lowest BCUT2D eigenvalue weighted by Crippen LogP contribution is -2.32. The molecule has 19 heavy (non-hydrogen) atoms. The molecule has 2 unspecified atom stereocenters. The summed E-state index contributed by atoms with van der Waals surface area (Å²) in [4.78, 5) is 13.6. The van der Waals surface area contributed by atoms with Crippen molar-refractivity contribution in [2.75, 3.05) is 30.7 Å². The number of carbonyl (C=O) groups excluding carboxylic acids is 1. The summed E-state index contributed by atoms with van der Waals surface area (Å²) < 4.78 is 0. The van der Waals surface area contributed by atoms with Crippen molar-refractivity contribution in [2.24, 2.45) is 0 Å². The van der Waals surface area contributed by atoms with Crippen molar-refractivity contribution >= 4 is 17.3 Å². The van der Waals surface area contributed by atoms with Gasteiger partial charge in [-0.3, -0.25) is 9.69 Å². The monoisotopic (exact) mass is 265 g/mol. The average molecular weight is 265 g/mol. The highest BCUT2D eigenvalue weighted by Crippen LogP contribution is 2.19. The Labute approximate surface area is 111 Å². The predicted octanol–water partition coefficient (Wildman–Crippen LogP) is -0.447. The second-order valence-corrected chi connectivity index (χ2v) is 4.97. The Balaban J connectivity index is 1.91. The summed E-state index contributed by atoms with van der Waals surface area (Å²) in [6, 6.07) is 5.42. The summed E-state index contributed by atoms with van der Waals surface area (Å²) >= 11 is 0. The molecule has 104 valence electrons. The Kier molecular flexibility index (Phi) is 4.04. The molecule has 6 heteroatoms. The van der Waals surface area contributed by atoms with Gasteiger partial charge in [-0.2, -0.15) is 0 Å². The van der Waals surface area contributed by atoms with E-state index in [4.69, 9.17) is 5.73 Å². The normalized spacial score (nSPS) is 23.5. The molecule has 5 N–H and O–H groups in total. The van der Waals surface area contributed by atoms with Gasteiger partial charge in [0.25, 0.3) is 0 Å². The maximum atomic E-state index is 11.8. The van der Waals surface area contributed by atoms with E-state index < -0.39 is 12.2 Å². The Morgan fingerprint density at radius 2 is 2.05 bits per heavy atom. The molecule has 2 rings (SSSR count). The maximum absolute atomic E-state index is 11.8. The zero-order chi connectivity index (χ0) is 14.0. The Morgan fingerprint density at radius 3 is 2.63 bits per heavy atom. The summed E-state index contributed by atoms with van der Waals surface area (Å²) in [5.41, 5.74) is 7.95. The number of β-amino-alcohol motifs (C(OH)–C–C–N with tert-alkyl or cyclic N) is 2. The Hall–Kier alpha value is -1.63. The molecule has 1 aliphatic heterocycles. The number of carbonyl (C=O) groups is 1. The molecule has 1 amide bonds. The molecule has 1 heterocycles. The summed E-state index contributed by atoms with van der Waals surface area (Å²) in [6.07, 6.45) is -1.56. The molecule has 6 nitrogen and oxygen atoms in total. The second-order valence-electron chi connectivity index (χ2n) is 4.97. The summed E-state index contributed by atoms with van der Waals surface area (Å²) in [5.74, 6) is -0.211. The first-order valence-corrected chi connectivity index (χ1v) is 6.20. The van der Waals surface area contributed by atoms with Crippen LogP contribution >= 0.6 is 0 Å². The number of hydrogen-bond acceptors (Lipinski definition) is 5. The number of aliphatic hydroxyl groups is 2. The number of rotatable bonds is 3. The van der Waals surface area contributed by atoms with Crippen molar-refractivity contribution in [1.29, 1.82) is 0 Å². The molecule has 0 spiro atoms. The fourth-order valence-electron chi connectivity index (χ4n) is 2.16. The molecule has 1 aromatic carbocycles. The van der Waals surface area contributed by atoms with Crippen LogP contribution in [0.4, 0.5) is 11.4 Å². The smallest absolute Gasteiger partial charge is 0.238 e. The van der Waals surface area contributed by atoms with Gasteiger partial charge in [-0.1, -0.05) is 6.07 Å². The number of anilines is 2. The molecule has 1 fully saturated rings. The third-order valence-electron chi connectivity index (χ3n) is 3.18. The lowest BCUT2D eigenvalue weighted by atomic mass is 10.2. The highest BCUT2D eigenvalue weighted by molar-refractivity contribution is 5.95. The highest BCUT2D eigenvalue weighted by atomic mass is 16.3. The molecule has 0 bridgehead atoms. The third-order valence-corrected chi connectivity index (χ3v) is 3.18. The lowest BCUT2D eigenvalue weighted by Gasteiger charge is -2.15. The van der Waals surface area contributed by atoms with Crippen LogP contribution in [0.5, 0.6) is 0 Å². The first kappa shape index (κ1) is 13.8. The molecule has 1 saturated heterocycles. The van der Waals surface area contributed by atoms with E-state index in [9.17, 15) is 15.0 Å². The van der Waals surface area contributed by atoms with E-state index >= 15 is 0 Å². The summed E-state index contributed by atoms with van der Waals surface area (Å²) in [7, 11) is 0. The Morgan fingerprint density at radius 1 is 1.42 bits per heavy atom. The lowest BCUT2D eigenvalue weighted by molar-refractivity contribution is -0.117. The van der Waals surface area contributed by atoms with Crippen LogP contribution in [-0.4, -0.2) is 52.9 Å². The third kappa shape index (κ3) is 3.44. The van der Waals surface area contributed by atoms with Crippen molar-refractivity contribution < 1.29 is 15.0 Å². The predicted molar refractivity (Wildman–Crippen MR) is 72.7 cm³/mol. The molecular weight excluding hydrogens is 246 g/mol. The zero-order valence-corrected chi connectivity index (χ0v) is 10.8. The highest BCUT2D eigenvalue weighted by Gasteiger charge is 2.30. The first-order chi connectivity index (χ1) is 8.95. The van der Waals surface area contributed by atoms with E-state index in [1.54, 1.807) is 17.0 Å². The fourth-order valence-corrected chi connectivity index (χ4v) is 2.16. The van der Waals surface area contributed by atoms with E-state index in [0.29, 0.717) is 24.5 Å². The largest absolute Gasteiger partial charge is 0.397 e. The van der Waals surface area contributed by atoms with Gasteiger partial charge in [-0.25, -0.2) is 0 Å². The quantitative estimate of drug-likeness (QED) is 0.555. The van der Waals surface area contributed by atoms with Gasteiger partial charge < -0.3 is 21.3 Å². The van der Waals surface area contributed by atoms with E-state index in [-0.39, 0.29) is 12.5 Å². The van der Waals surface area contributed by atoms with Crippen LogP contribution < -0.4 is 11.1 Å². The van der Waals surface area contributed by atoms with Crippen molar-refractivity contribution in [1.82, 2.24) is 4.90 Å². The number of amides is 1. The SMILES string of the molecule is Cc1ccc(NC(=O)CN2CC(O)C(O)C2)c(N)c1. The number of nitrogens with zero attached hydrogens (tertiary/aromatic N) is 1. The van der Waals surface area contributed by atoms with Gasteiger partial charge in [0.2, 0.25) is 5.91 Å². The van der Waals surface area contributed by atoms with Crippen LogP contribution in [0.15, 0.2) is 18.2 Å². The molecule has 0 saturated carbocycles. The van der Waals surface area contributed by atoms with Crippen LogP contribution in [-0.2, 0) is 4.79 Å².